The van der Waals surface area contributed by atoms with Crippen LogP contribution < -0.4 is 4.74 Å². The van der Waals surface area contributed by atoms with Crippen LogP contribution in [-0.4, -0.2) is 19.2 Å². The van der Waals surface area contributed by atoms with Gasteiger partial charge >= 0.3 is 5.97 Å². The lowest BCUT2D eigenvalue weighted by Crippen LogP contribution is -2.00. The normalized spacial score (nSPS) is 10.5. The van der Waals surface area contributed by atoms with E-state index in [9.17, 15) is 4.79 Å². The minimum absolute atomic E-state index is 0.305. The zero-order chi connectivity index (χ0) is 12.5. The predicted octanol–water partition coefficient (Wildman–Crippen LogP) is 3.05. The fourth-order valence-corrected chi connectivity index (χ4v) is 1.26. The maximum atomic E-state index is 11.2. The summed E-state index contributed by atoms with van der Waals surface area (Å²) in [6.07, 6.45) is 4.00. The zero-order valence-electron chi connectivity index (χ0n) is 10.3. The van der Waals surface area contributed by atoms with Crippen LogP contribution in [0.2, 0.25) is 0 Å². The highest BCUT2D eigenvalue weighted by Crippen LogP contribution is 2.12. The van der Waals surface area contributed by atoms with E-state index < -0.39 is 0 Å². The first-order valence-corrected chi connectivity index (χ1v) is 5.84. The number of benzene rings is 1. The van der Waals surface area contributed by atoms with Crippen molar-refractivity contribution in [2.45, 2.75) is 20.3 Å². The molecule has 0 unspecified atom stereocenters. The fourth-order valence-electron chi connectivity index (χ4n) is 1.26. The van der Waals surface area contributed by atoms with Crippen LogP contribution in [0, 0.1) is 0 Å². The Morgan fingerprint density at radius 2 is 1.94 bits per heavy atom. The molecule has 1 aromatic rings. The number of rotatable bonds is 6. The van der Waals surface area contributed by atoms with Crippen LogP contribution in [0.5, 0.6) is 5.75 Å². The van der Waals surface area contributed by atoms with E-state index in [0.29, 0.717) is 13.2 Å². The summed E-state index contributed by atoms with van der Waals surface area (Å²) in [5.74, 6) is 0.527. The smallest absolute Gasteiger partial charge is 0.330 e. The molecular formula is C14H18O3. The second kappa shape index (κ2) is 7.49. The van der Waals surface area contributed by atoms with Gasteiger partial charge in [0.15, 0.2) is 0 Å². The van der Waals surface area contributed by atoms with Gasteiger partial charge in [-0.05, 0) is 37.1 Å². The third-order valence-corrected chi connectivity index (χ3v) is 2.05. The Bertz CT molecular complexity index is 366. The molecular weight excluding hydrogens is 216 g/mol. The third kappa shape index (κ3) is 5.20. The predicted molar refractivity (Wildman–Crippen MR) is 67.9 cm³/mol. The molecule has 0 radical (unpaired) electrons. The van der Waals surface area contributed by atoms with E-state index in [0.717, 1.165) is 17.7 Å². The molecule has 0 bridgehead atoms. The molecule has 0 aliphatic carbocycles. The number of hydrogen-bond donors (Lipinski definition) is 0. The minimum Gasteiger partial charge on any atom is -0.494 e. The summed E-state index contributed by atoms with van der Waals surface area (Å²) >= 11 is 0. The monoisotopic (exact) mass is 234 g/mol. The first kappa shape index (κ1) is 13.3. The van der Waals surface area contributed by atoms with Gasteiger partial charge in [-0.2, -0.15) is 0 Å². The molecule has 0 heterocycles. The molecule has 17 heavy (non-hydrogen) atoms. The molecule has 0 aliphatic heterocycles. The quantitative estimate of drug-likeness (QED) is 0.560. The maximum absolute atomic E-state index is 11.2. The van der Waals surface area contributed by atoms with Gasteiger partial charge in [-0.15, -0.1) is 0 Å². The molecule has 3 nitrogen and oxygen atoms in total. The van der Waals surface area contributed by atoms with Crippen LogP contribution in [0.1, 0.15) is 25.8 Å². The average Bonchev–Trinajstić information content (AvgIpc) is 2.36. The Hall–Kier alpha value is -1.77. The Labute approximate surface area is 102 Å². The van der Waals surface area contributed by atoms with Crippen molar-refractivity contribution >= 4 is 12.0 Å². The highest BCUT2D eigenvalue weighted by Gasteiger charge is 1.96. The first-order valence-electron chi connectivity index (χ1n) is 5.84. The average molecular weight is 234 g/mol. The van der Waals surface area contributed by atoms with Gasteiger partial charge in [0.05, 0.1) is 13.2 Å². The van der Waals surface area contributed by atoms with E-state index in [-0.39, 0.29) is 5.97 Å². The Balaban J connectivity index is 2.50. The van der Waals surface area contributed by atoms with Crippen molar-refractivity contribution in [2.24, 2.45) is 0 Å². The van der Waals surface area contributed by atoms with Crippen molar-refractivity contribution in [3.05, 3.63) is 35.9 Å². The lowest BCUT2D eigenvalue weighted by Gasteiger charge is -2.02. The molecule has 1 rings (SSSR count). The molecule has 1 aromatic carbocycles. The third-order valence-electron chi connectivity index (χ3n) is 2.05. The summed E-state index contributed by atoms with van der Waals surface area (Å²) in [4.78, 5) is 11.2. The molecule has 0 saturated heterocycles. The zero-order valence-corrected chi connectivity index (χ0v) is 10.3. The molecule has 0 fully saturated rings. The van der Waals surface area contributed by atoms with E-state index in [1.165, 1.54) is 6.08 Å². The Kier molecular flexibility index (Phi) is 5.86. The van der Waals surface area contributed by atoms with Crippen molar-refractivity contribution < 1.29 is 14.3 Å². The number of ether oxygens (including phenoxy) is 2. The summed E-state index contributed by atoms with van der Waals surface area (Å²) in [5, 5.41) is 0. The van der Waals surface area contributed by atoms with Gasteiger partial charge in [0, 0.05) is 6.08 Å². The van der Waals surface area contributed by atoms with E-state index in [1.54, 1.807) is 6.08 Å². The van der Waals surface area contributed by atoms with Gasteiger partial charge in [0.25, 0.3) is 0 Å². The fraction of sp³-hybridized carbons (Fsp3) is 0.357. The number of esters is 1. The first-order chi connectivity index (χ1) is 8.26. The van der Waals surface area contributed by atoms with E-state index in [4.69, 9.17) is 9.47 Å². The van der Waals surface area contributed by atoms with Gasteiger partial charge < -0.3 is 9.47 Å². The van der Waals surface area contributed by atoms with E-state index in [1.807, 2.05) is 38.1 Å². The van der Waals surface area contributed by atoms with Crippen molar-refractivity contribution in [1.82, 2.24) is 0 Å². The molecule has 0 aromatic heterocycles. The highest BCUT2D eigenvalue weighted by molar-refractivity contribution is 5.87. The summed E-state index contributed by atoms with van der Waals surface area (Å²) in [5.41, 5.74) is 0.946. The van der Waals surface area contributed by atoms with Gasteiger partial charge in [-0.3, -0.25) is 0 Å². The molecule has 0 aliphatic rings. The number of carbonyl (C=O) groups is 1. The molecule has 0 amide bonds. The minimum atomic E-state index is -0.305. The standard InChI is InChI=1S/C14H18O3/c1-3-11-17-14(15)10-7-12-5-8-13(9-6-12)16-4-2/h5-10H,3-4,11H2,1-2H3. The number of carbonyl (C=O) groups excluding carboxylic acids is 1. The Morgan fingerprint density at radius 1 is 1.24 bits per heavy atom. The highest BCUT2D eigenvalue weighted by atomic mass is 16.5. The molecule has 0 saturated carbocycles. The summed E-state index contributed by atoms with van der Waals surface area (Å²) in [7, 11) is 0. The van der Waals surface area contributed by atoms with Crippen LogP contribution in [0.15, 0.2) is 30.3 Å². The van der Waals surface area contributed by atoms with E-state index in [2.05, 4.69) is 0 Å². The van der Waals surface area contributed by atoms with Gasteiger partial charge in [-0.1, -0.05) is 19.1 Å². The molecule has 0 spiro atoms. The SMILES string of the molecule is CCCOC(=O)C=Cc1ccc(OCC)cc1. The van der Waals surface area contributed by atoms with Gasteiger partial charge in [0.2, 0.25) is 0 Å². The van der Waals surface area contributed by atoms with Crippen molar-refractivity contribution in [1.29, 1.82) is 0 Å². The lowest BCUT2D eigenvalue weighted by molar-refractivity contribution is -0.137. The number of hydrogen-bond acceptors (Lipinski definition) is 3. The second-order valence-electron chi connectivity index (χ2n) is 3.50. The van der Waals surface area contributed by atoms with Crippen LogP contribution >= 0.6 is 0 Å². The van der Waals surface area contributed by atoms with Gasteiger partial charge in [0.1, 0.15) is 5.75 Å². The van der Waals surface area contributed by atoms with Crippen LogP contribution in [0.4, 0.5) is 0 Å². The second-order valence-corrected chi connectivity index (χ2v) is 3.50. The molecule has 92 valence electrons. The molecule has 0 N–H and O–H groups in total. The summed E-state index contributed by atoms with van der Waals surface area (Å²) < 4.78 is 10.2. The maximum Gasteiger partial charge on any atom is 0.330 e. The Morgan fingerprint density at radius 3 is 2.53 bits per heavy atom. The summed E-state index contributed by atoms with van der Waals surface area (Å²) in [6.45, 7) is 5.02. The van der Waals surface area contributed by atoms with Crippen molar-refractivity contribution in [2.75, 3.05) is 13.2 Å². The topological polar surface area (TPSA) is 35.5 Å². The lowest BCUT2D eigenvalue weighted by atomic mass is 10.2. The summed E-state index contributed by atoms with van der Waals surface area (Å²) in [6, 6.07) is 7.55. The largest absolute Gasteiger partial charge is 0.494 e. The van der Waals surface area contributed by atoms with E-state index >= 15 is 0 Å². The molecule has 0 atom stereocenters. The van der Waals surface area contributed by atoms with Crippen LogP contribution in [0.3, 0.4) is 0 Å². The van der Waals surface area contributed by atoms with Crippen LogP contribution in [0.25, 0.3) is 6.08 Å². The van der Waals surface area contributed by atoms with Crippen molar-refractivity contribution in [3.63, 3.8) is 0 Å². The van der Waals surface area contributed by atoms with Crippen LogP contribution in [-0.2, 0) is 9.53 Å². The van der Waals surface area contributed by atoms with Gasteiger partial charge in [-0.25, -0.2) is 4.79 Å². The molecule has 3 heteroatoms. The van der Waals surface area contributed by atoms with Crippen molar-refractivity contribution in [3.8, 4) is 5.75 Å².